The van der Waals surface area contributed by atoms with Gasteiger partial charge in [-0.2, -0.15) is 0 Å². The smallest absolute Gasteiger partial charge is 0.270 e. The highest BCUT2D eigenvalue weighted by Crippen LogP contribution is 2.32. The Morgan fingerprint density at radius 3 is 2.94 bits per heavy atom. The second-order valence-corrected chi connectivity index (χ2v) is 8.39. The number of hydrogen-bond donors (Lipinski definition) is 0. The van der Waals surface area contributed by atoms with Crippen molar-refractivity contribution in [1.82, 2.24) is 4.98 Å². The molecule has 0 aliphatic carbocycles. The molecule has 1 aliphatic heterocycles. The number of thiazole rings is 1. The highest BCUT2D eigenvalue weighted by Gasteiger charge is 2.25. The van der Waals surface area contributed by atoms with E-state index in [-0.39, 0.29) is 17.7 Å². The summed E-state index contributed by atoms with van der Waals surface area (Å²) in [5, 5.41) is 11.6. The van der Waals surface area contributed by atoms with Gasteiger partial charge in [-0.3, -0.25) is 19.8 Å². The van der Waals surface area contributed by atoms with E-state index in [2.05, 4.69) is 13.0 Å². The van der Waals surface area contributed by atoms with Crippen LogP contribution in [0.3, 0.4) is 0 Å². The van der Waals surface area contributed by atoms with Crippen LogP contribution in [0.1, 0.15) is 30.9 Å². The maximum Gasteiger partial charge on any atom is 0.270 e. The van der Waals surface area contributed by atoms with Gasteiger partial charge in [0.05, 0.1) is 27.8 Å². The van der Waals surface area contributed by atoms with Crippen molar-refractivity contribution >= 4 is 44.4 Å². The Hall–Kier alpha value is -3.10. The first-order chi connectivity index (χ1) is 15.0. The first-order valence-electron chi connectivity index (χ1n) is 10.3. The van der Waals surface area contributed by atoms with Crippen molar-refractivity contribution in [2.24, 2.45) is 0 Å². The molecule has 1 fully saturated rings. The summed E-state index contributed by atoms with van der Waals surface area (Å²) in [6.07, 6.45) is 5.78. The number of hydrogen-bond acceptors (Lipinski definition) is 6. The van der Waals surface area contributed by atoms with Crippen molar-refractivity contribution in [2.45, 2.75) is 32.3 Å². The molecule has 160 valence electrons. The lowest BCUT2D eigenvalue weighted by atomic mass is 10.1. The average molecular weight is 438 g/mol. The van der Waals surface area contributed by atoms with Gasteiger partial charge >= 0.3 is 0 Å². The number of para-hydroxylation sites is 1. The molecule has 7 nitrogen and oxygen atoms in total. The Kier molecular flexibility index (Phi) is 6.39. The molecule has 2 heterocycles. The molecule has 1 aliphatic rings. The molecule has 1 amide bonds. The van der Waals surface area contributed by atoms with Gasteiger partial charge < -0.3 is 4.74 Å². The Labute approximate surface area is 184 Å². The van der Waals surface area contributed by atoms with Crippen LogP contribution in [0.25, 0.3) is 16.3 Å². The van der Waals surface area contributed by atoms with Crippen LogP contribution in [-0.4, -0.2) is 35.1 Å². The van der Waals surface area contributed by atoms with Crippen LogP contribution in [0.4, 0.5) is 10.8 Å². The molecule has 0 saturated carbocycles. The predicted molar refractivity (Wildman–Crippen MR) is 122 cm³/mol. The molecule has 1 atom stereocenters. The summed E-state index contributed by atoms with van der Waals surface area (Å²) < 4.78 is 6.81. The van der Waals surface area contributed by atoms with E-state index in [1.807, 2.05) is 12.1 Å². The number of anilines is 1. The van der Waals surface area contributed by atoms with E-state index >= 15 is 0 Å². The van der Waals surface area contributed by atoms with E-state index in [9.17, 15) is 14.9 Å². The zero-order chi connectivity index (χ0) is 21.8. The van der Waals surface area contributed by atoms with Crippen molar-refractivity contribution in [2.75, 3.05) is 18.1 Å². The van der Waals surface area contributed by atoms with Crippen molar-refractivity contribution < 1.29 is 14.5 Å². The summed E-state index contributed by atoms with van der Waals surface area (Å²) in [6, 6.07) is 12.3. The summed E-state index contributed by atoms with van der Waals surface area (Å²) in [5.41, 5.74) is 2.66. The molecule has 0 N–H and O–H groups in total. The molecule has 31 heavy (non-hydrogen) atoms. The van der Waals surface area contributed by atoms with Gasteiger partial charge in [0.25, 0.3) is 11.6 Å². The highest BCUT2D eigenvalue weighted by molar-refractivity contribution is 7.22. The molecule has 0 bridgehead atoms. The van der Waals surface area contributed by atoms with Crippen molar-refractivity contribution in [3.05, 3.63) is 69.8 Å². The van der Waals surface area contributed by atoms with Gasteiger partial charge in [0, 0.05) is 24.8 Å². The Balaban J connectivity index is 1.64. The third-order valence-electron chi connectivity index (χ3n) is 5.28. The molecule has 1 unspecified atom stereocenters. The predicted octanol–water partition coefficient (Wildman–Crippen LogP) is 4.99. The molecule has 0 radical (unpaired) electrons. The van der Waals surface area contributed by atoms with Gasteiger partial charge in [-0.05, 0) is 42.5 Å². The lowest BCUT2D eigenvalue weighted by Gasteiger charge is -2.21. The molecule has 1 saturated heterocycles. The number of nitro benzene ring substituents is 1. The number of nitro groups is 1. The Bertz CT molecular complexity index is 1130. The van der Waals surface area contributed by atoms with Gasteiger partial charge in [-0.25, -0.2) is 4.98 Å². The third kappa shape index (κ3) is 4.81. The van der Waals surface area contributed by atoms with Crippen LogP contribution in [0.2, 0.25) is 0 Å². The van der Waals surface area contributed by atoms with Crippen LogP contribution in [-0.2, 0) is 16.0 Å². The summed E-state index contributed by atoms with van der Waals surface area (Å²) in [7, 11) is 0. The minimum atomic E-state index is -0.449. The molecular weight excluding hydrogens is 414 g/mol. The van der Waals surface area contributed by atoms with Crippen molar-refractivity contribution in [3.8, 4) is 0 Å². The fraction of sp³-hybridized carbons (Fsp3) is 0.304. The first kappa shape index (κ1) is 21.1. The van der Waals surface area contributed by atoms with E-state index in [0.29, 0.717) is 23.8 Å². The second kappa shape index (κ2) is 9.36. The molecule has 3 aromatic rings. The number of aryl methyl sites for hydroxylation is 1. The molecule has 0 spiro atoms. The number of non-ortho nitro benzene ring substituents is 1. The number of carbonyl (C=O) groups excluding carboxylic acids is 1. The van der Waals surface area contributed by atoms with Crippen LogP contribution in [0.5, 0.6) is 0 Å². The number of ether oxygens (including phenoxy) is 1. The number of fused-ring (bicyclic) bond motifs is 1. The van der Waals surface area contributed by atoms with E-state index in [1.165, 1.54) is 29.5 Å². The van der Waals surface area contributed by atoms with Gasteiger partial charge in [-0.15, -0.1) is 0 Å². The highest BCUT2D eigenvalue weighted by atomic mass is 32.1. The van der Waals surface area contributed by atoms with Crippen LogP contribution in [0, 0.1) is 10.1 Å². The van der Waals surface area contributed by atoms with Gasteiger partial charge in [-0.1, -0.05) is 42.5 Å². The fourth-order valence-electron chi connectivity index (χ4n) is 3.65. The zero-order valence-corrected chi connectivity index (χ0v) is 18.0. The number of rotatable bonds is 7. The topological polar surface area (TPSA) is 85.6 Å². The number of benzene rings is 2. The number of nitrogens with zero attached hydrogens (tertiary/aromatic N) is 3. The van der Waals surface area contributed by atoms with Crippen LogP contribution >= 0.6 is 11.3 Å². The largest absolute Gasteiger partial charge is 0.376 e. The number of amides is 1. The number of carbonyl (C=O) groups is 1. The fourth-order valence-corrected chi connectivity index (χ4v) is 4.68. The summed E-state index contributed by atoms with van der Waals surface area (Å²) in [5.74, 6) is -0.223. The normalized spacial score (nSPS) is 16.2. The lowest BCUT2D eigenvalue weighted by Crippen LogP contribution is -2.36. The SMILES string of the molecule is CCc1cccc2sc(N(CC3CCCO3)C(=O)/C=C/c3cccc([N+](=O)[O-])c3)nc12. The average Bonchev–Trinajstić information content (AvgIpc) is 3.45. The molecule has 2 aromatic carbocycles. The molecule has 8 heteroatoms. The Morgan fingerprint density at radius 1 is 1.35 bits per heavy atom. The summed E-state index contributed by atoms with van der Waals surface area (Å²) >= 11 is 1.49. The van der Waals surface area contributed by atoms with Gasteiger partial charge in [0.15, 0.2) is 5.13 Å². The van der Waals surface area contributed by atoms with E-state index in [1.54, 1.807) is 23.1 Å². The van der Waals surface area contributed by atoms with Gasteiger partial charge in [0.2, 0.25) is 0 Å². The maximum atomic E-state index is 13.2. The molecular formula is C23H23N3O4S. The molecule has 1 aromatic heterocycles. The Morgan fingerprint density at radius 2 is 2.19 bits per heavy atom. The first-order valence-corrected chi connectivity index (χ1v) is 11.1. The minimum absolute atomic E-state index is 0.0101. The van der Waals surface area contributed by atoms with Crippen LogP contribution in [0.15, 0.2) is 48.5 Å². The summed E-state index contributed by atoms with van der Waals surface area (Å²) in [6.45, 7) is 3.22. The maximum absolute atomic E-state index is 13.2. The van der Waals surface area contributed by atoms with Crippen molar-refractivity contribution in [3.63, 3.8) is 0 Å². The quantitative estimate of drug-likeness (QED) is 0.295. The standard InChI is InChI=1S/C23H23N3O4S/c1-2-17-7-4-10-20-22(17)24-23(31-20)25(15-19-9-5-13-30-19)21(27)12-11-16-6-3-8-18(14-16)26(28)29/h3-4,6-8,10-12,14,19H,2,5,9,13,15H2,1H3/b12-11+. The lowest BCUT2D eigenvalue weighted by molar-refractivity contribution is -0.384. The summed E-state index contributed by atoms with van der Waals surface area (Å²) in [4.78, 5) is 30.2. The zero-order valence-electron chi connectivity index (χ0n) is 17.2. The van der Waals surface area contributed by atoms with E-state index < -0.39 is 4.92 Å². The minimum Gasteiger partial charge on any atom is -0.376 e. The van der Waals surface area contributed by atoms with Crippen molar-refractivity contribution in [1.29, 1.82) is 0 Å². The van der Waals surface area contributed by atoms with E-state index in [0.717, 1.165) is 35.0 Å². The monoisotopic (exact) mass is 437 g/mol. The number of aromatic nitrogens is 1. The van der Waals surface area contributed by atoms with Crippen LogP contribution < -0.4 is 4.90 Å². The molecule has 4 rings (SSSR count). The van der Waals surface area contributed by atoms with Gasteiger partial charge in [0.1, 0.15) is 0 Å². The third-order valence-corrected chi connectivity index (χ3v) is 6.32. The van der Waals surface area contributed by atoms with E-state index in [4.69, 9.17) is 9.72 Å². The second-order valence-electron chi connectivity index (χ2n) is 7.38.